The normalized spacial score (nSPS) is 20.0. The molecule has 1 fully saturated rings. The first-order chi connectivity index (χ1) is 13.8. The van der Waals surface area contributed by atoms with Gasteiger partial charge in [0, 0.05) is 13.1 Å². The van der Waals surface area contributed by atoms with E-state index in [1.54, 1.807) is 17.0 Å². The lowest BCUT2D eigenvalue weighted by Crippen LogP contribution is -2.45. The van der Waals surface area contributed by atoms with Crippen LogP contribution < -0.4 is 10.5 Å². The highest BCUT2D eigenvalue weighted by Crippen LogP contribution is 2.34. The van der Waals surface area contributed by atoms with Gasteiger partial charge in [0.05, 0.1) is 10.9 Å². The van der Waals surface area contributed by atoms with Crippen LogP contribution in [0.2, 0.25) is 0 Å². The quantitative estimate of drug-likeness (QED) is 0.755. The van der Waals surface area contributed by atoms with Gasteiger partial charge in [0.2, 0.25) is 10.0 Å². The van der Waals surface area contributed by atoms with E-state index < -0.39 is 16.1 Å². The van der Waals surface area contributed by atoms with Crippen LogP contribution in [0.1, 0.15) is 49.8 Å². The van der Waals surface area contributed by atoms with Crippen molar-refractivity contribution in [3.63, 3.8) is 0 Å². The van der Waals surface area contributed by atoms with E-state index in [0.717, 1.165) is 11.1 Å². The van der Waals surface area contributed by atoms with Gasteiger partial charge >= 0.3 is 6.03 Å². The van der Waals surface area contributed by atoms with E-state index in [1.165, 1.54) is 0 Å². The Kier molecular flexibility index (Phi) is 6.59. The predicted octanol–water partition coefficient (Wildman–Crippen LogP) is 3.62. The number of likely N-dealkylation sites (tertiary alicyclic amines) is 1. The number of nitrogens with one attached hydrogen (secondary N) is 1. The summed E-state index contributed by atoms with van der Waals surface area (Å²) in [4.78, 5) is 13.8. The van der Waals surface area contributed by atoms with E-state index in [0.29, 0.717) is 31.8 Å². The summed E-state index contributed by atoms with van der Waals surface area (Å²) >= 11 is 0. The number of amides is 2. The van der Waals surface area contributed by atoms with Gasteiger partial charge in [-0.05, 0) is 47.9 Å². The minimum Gasteiger partial charge on any atom is -0.351 e. The van der Waals surface area contributed by atoms with Crippen LogP contribution in [0.3, 0.4) is 0 Å². The fourth-order valence-electron chi connectivity index (χ4n) is 3.82. The first-order valence-electron chi connectivity index (χ1n) is 9.98. The molecule has 0 aromatic heterocycles. The number of carbonyl (C=O) groups excluding carboxylic acids is 1. The number of piperidine rings is 1. The third-order valence-corrected chi connectivity index (χ3v) is 7.04. The molecule has 1 heterocycles. The molecule has 29 heavy (non-hydrogen) atoms. The van der Waals surface area contributed by atoms with Crippen molar-refractivity contribution in [1.29, 1.82) is 0 Å². The summed E-state index contributed by atoms with van der Waals surface area (Å²) in [5, 5.41) is 0. The Morgan fingerprint density at radius 3 is 2.38 bits per heavy atom. The zero-order chi connectivity index (χ0) is 21.0. The van der Waals surface area contributed by atoms with Crippen LogP contribution >= 0.6 is 0 Å². The van der Waals surface area contributed by atoms with Crippen LogP contribution in [0.15, 0.2) is 59.5 Å². The summed E-state index contributed by atoms with van der Waals surface area (Å²) in [6.45, 7) is 5.00. The van der Waals surface area contributed by atoms with E-state index in [1.807, 2.05) is 42.5 Å². The number of carbonyl (C=O) groups is 1. The van der Waals surface area contributed by atoms with Crippen LogP contribution in [0, 0.1) is 5.92 Å². The van der Waals surface area contributed by atoms with Gasteiger partial charge in [0.25, 0.3) is 0 Å². The van der Waals surface area contributed by atoms with Crippen molar-refractivity contribution in [1.82, 2.24) is 9.62 Å². The highest BCUT2D eigenvalue weighted by atomic mass is 32.2. The number of sulfonamides is 1. The monoisotopic (exact) mass is 415 g/mol. The van der Waals surface area contributed by atoms with E-state index in [9.17, 15) is 13.2 Å². The van der Waals surface area contributed by atoms with Crippen LogP contribution in [0.4, 0.5) is 4.79 Å². The molecule has 0 radical (unpaired) electrons. The zero-order valence-corrected chi connectivity index (χ0v) is 17.7. The predicted molar refractivity (Wildman–Crippen MR) is 114 cm³/mol. The Labute approximate surface area is 173 Å². The molecule has 1 aliphatic heterocycles. The second kappa shape index (κ2) is 8.97. The highest BCUT2D eigenvalue weighted by molar-refractivity contribution is 7.89. The largest absolute Gasteiger partial charge is 0.351 e. The Hall–Kier alpha value is -2.38. The lowest BCUT2D eigenvalue weighted by molar-refractivity contribution is 0.135. The molecule has 0 saturated carbocycles. The average molecular weight is 416 g/mol. The molecule has 0 spiro atoms. The Bertz CT molecular complexity index is 928. The van der Waals surface area contributed by atoms with Crippen LogP contribution in [-0.4, -0.2) is 32.4 Å². The lowest BCUT2D eigenvalue weighted by Gasteiger charge is -2.39. The Morgan fingerprint density at radius 1 is 1.14 bits per heavy atom. The molecule has 0 bridgehead atoms. The van der Waals surface area contributed by atoms with Crippen molar-refractivity contribution in [3.8, 4) is 0 Å². The number of nitrogens with zero attached hydrogens (tertiary/aromatic N) is 1. The molecule has 6 nitrogen and oxygen atoms in total. The van der Waals surface area contributed by atoms with Gasteiger partial charge in [-0.3, -0.25) is 0 Å². The summed E-state index contributed by atoms with van der Waals surface area (Å²) < 4.78 is 28.1. The van der Waals surface area contributed by atoms with Gasteiger partial charge in [0.15, 0.2) is 0 Å². The Balaban J connectivity index is 1.68. The molecular weight excluding hydrogens is 386 g/mol. The second-order valence-electron chi connectivity index (χ2n) is 7.92. The summed E-state index contributed by atoms with van der Waals surface area (Å²) in [7, 11) is -3.57. The molecule has 2 aromatic carbocycles. The van der Waals surface area contributed by atoms with Crippen molar-refractivity contribution < 1.29 is 13.2 Å². The number of rotatable bonds is 6. The SMILES string of the molecule is CC(C)c1ccc(S(=O)(=O)NCC2CCN(C(N)=O)C(c3ccccc3)C2)cc1. The summed E-state index contributed by atoms with van der Waals surface area (Å²) in [5.74, 6) is 0.477. The maximum absolute atomic E-state index is 12.7. The molecule has 2 atom stereocenters. The van der Waals surface area contributed by atoms with Crippen LogP contribution in [-0.2, 0) is 10.0 Å². The van der Waals surface area contributed by atoms with Crippen LogP contribution in [0.25, 0.3) is 0 Å². The molecule has 1 saturated heterocycles. The second-order valence-corrected chi connectivity index (χ2v) is 9.69. The molecule has 0 aliphatic carbocycles. The minimum atomic E-state index is -3.57. The van der Waals surface area contributed by atoms with Gasteiger partial charge < -0.3 is 10.6 Å². The smallest absolute Gasteiger partial charge is 0.315 e. The fourth-order valence-corrected chi connectivity index (χ4v) is 4.94. The zero-order valence-electron chi connectivity index (χ0n) is 16.9. The summed E-state index contributed by atoms with van der Waals surface area (Å²) in [5.41, 5.74) is 7.69. The molecule has 1 aliphatic rings. The molecule has 2 aromatic rings. The lowest BCUT2D eigenvalue weighted by atomic mass is 9.87. The molecule has 156 valence electrons. The number of urea groups is 1. The number of primary amides is 1. The topological polar surface area (TPSA) is 92.5 Å². The average Bonchev–Trinajstić information content (AvgIpc) is 2.72. The number of hydrogen-bond acceptors (Lipinski definition) is 3. The molecule has 2 unspecified atom stereocenters. The number of benzene rings is 2. The van der Waals surface area contributed by atoms with Gasteiger partial charge in [-0.1, -0.05) is 56.3 Å². The third kappa shape index (κ3) is 5.16. The van der Waals surface area contributed by atoms with Crippen molar-refractivity contribution in [2.75, 3.05) is 13.1 Å². The van der Waals surface area contributed by atoms with Crippen molar-refractivity contribution >= 4 is 16.1 Å². The molecule has 3 rings (SSSR count). The highest BCUT2D eigenvalue weighted by Gasteiger charge is 2.32. The first-order valence-corrected chi connectivity index (χ1v) is 11.5. The molecular formula is C22H29N3O3S. The van der Waals surface area contributed by atoms with E-state index in [-0.39, 0.29) is 16.9 Å². The summed E-state index contributed by atoms with van der Waals surface area (Å²) in [6.07, 6.45) is 1.38. The van der Waals surface area contributed by atoms with Gasteiger partial charge in [-0.15, -0.1) is 0 Å². The van der Waals surface area contributed by atoms with Crippen molar-refractivity contribution in [2.45, 2.75) is 43.5 Å². The van der Waals surface area contributed by atoms with Crippen molar-refractivity contribution in [3.05, 3.63) is 65.7 Å². The van der Waals surface area contributed by atoms with Gasteiger partial charge in [0.1, 0.15) is 0 Å². The van der Waals surface area contributed by atoms with Crippen LogP contribution in [0.5, 0.6) is 0 Å². The van der Waals surface area contributed by atoms with E-state index >= 15 is 0 Å². The van der Waals surface area contributed by atoms with E-state index in [2.05, 4.69) is 18.6 Å². The maximum atomic E-state index is 12.7. The van der Waals surface area contributed by atoms with E-state index in [4.69, 9.17) is 5.73 Å². The standard InChI is InChI=1S/C22H29N3O3S/c1-16(2)18-8-10-20(11-9-18)29(27,28)24-15-17-12-13-25(22(23)26)21(14-17)19-6-4-3-5-7-19/h3-11,16-17,21,24H,12-15H2,1-2H3,(H2,23,26). The molecule has 7 heteroatoms. The Morgan fingerprint density at radius 2 is 1.79 bits per heavy atom. The molecule has 2 amide bonds. The third-order valence-electron chi connectivity index (χ3n) is 5.60. The van der Waals surface area contributed by atoms with Gasteiger partial charge in [-0.25, -0.2) is 17.9 Å². The molecule has 3 N–H and O–H groups in total. The maximum Gasteiger partial charge on any atom is 0.315 e. The minimum absolute atomic E-state index is 0.125. The number of hydrogen-bond donors (Lipinski definition) is 2. The number of nitrogens with two attached hydrogens (primary N) is 1. The fraction of sp³-hybridized carbons (Fsp3) is 0.409. The van der Waals surface area contributed by atoms with Gasteiger partial charge in [-0.2, -0.15) is 0 Å². The van der Waals surface area contributed by atoms with Crippen molar-refractivity contribution in [2.24, 2.45) is 11.7 Å². The first kappa shape index (κ1) is 21.3. The summed E-state index contributed by atoms with van der Waals surface area (Å²) in [6, 6.07) is 16.2.